The largest absolute Gasteiger partial charge is 0.494 e. The summed E-state index contributed by atoms with van der Waals surface area (Å²) >= 11 is 0. The molecule has 4 heteroatoms. The Hall–Kier alpha value is -2.10. The number of carbonyl (C=O) groups is 2. The van der Waals surface area contributed by atoms with Crippen molar-refractivity contribution < 1.29 is 14.3 Å². The van der Waals surface area contributed by atoms with Gasteiger partial charge < -0.3 is 10.1 Å². The highest BCUT2D eigenvalue weighted by atomic mass is 16.5. The third kappa shape index (κ3) is 7.55. The molecule has 0 aliphatic rings. The van der Waals surface area contributed by atoms with Gasteiger partial charge in [0.1, 0.15) is 5.75 Å². The van der Waals surface area contributed by atoms with E-state index in [1.54, 1.807) is 6.92 Å². The van der Waals surface area contributed by atoms with Crippen LogP contribution in [0.5, 0.6) is 5.75 Å². The number of ether oxygens (including phenoxy) is 1. The average Bonchev–Trinajstić information content (AvgIpc) is 2.56. The Balaban J connectivity index is 2.50. The number of hydrogen-bond donors (Lipinski definition) is 1. The van der Waals surface area contributed by atoms with Crippen molar-refractivity contribution in [3.8, 4) is 5.75 Å². The minimum absolute atomic E-state index is 0.0327. The van der Waals surface area contributed by atoms with Crippen LogP contribution in [0.1, 0.15) is 46.1 Å². The van der Waals surface area contributed by atoms with Crippen molar-refractivity contribution >= 4 is 11.7 Å². The Morgan fingerprint density at radius 1 is 1.28 bits per heavy atom. The lowest BCUT2D eigenvalue weighted by molar-refractivity contribution is -0.129. The Morgan fingerprint density at radius 2 is 2.00 bits per heavy atom. The summed E-state index contributed by atoms with van der Waals surface area (Å²) in [6.45, 7) is 9.73. The molecule has 1 rings (SSSR count). The van der Waals surface area contributed by atoms with E-state index in [4.69, 9.17) is 4.74 Å². The van der Waals surface area contributed by atoms with Crippen molar-refractivity contribution in [1.82, 2.24) is 5.32 Å². The van der Waals surface area contributed by atoms with Gasteiger partial charge in [0.2, 0.25) is 5.91 Å². The van der Waals surface area contributed by atoms with Gasteiger partial charge in [-0.1, -0.05) is 31.2 Å². The molecule has 0 spiro atoms. The van der Waals surface area contributed by atoms with Gasteiger partial charge in [0.15, 0.2) is 5.78 Å². The summed E-state index contributed by atoms with van der Waals surface area (Å²) in [5.41, 5.74) is 1.18. The first-order valence-corrected chi connectivity index (χ1v) is 8.98. The standard InChI is InChI=1S/C21H31NO3/c1-6-9-19(16(3)21(24)22-17(4)18(5)23)11-8-13-25-20-12-7-10-15(2)14-20/h6-7,9-10,12,14,16-17,19H,8,11,13H2,1-5H3,(H,22,24)/b9-6+. The number of allylic oxidation sites excluding steroid dienone is 2. The second-order valence-electron chi connectivity index (χ2n) is 6.63. The molecule has 25 heavy (non-hydrogen) atoms. The van der Waals surface area contributed by atoms with Crippen molar-refractivity contribution in [2.45, 2.75) is 53.5 Å². The number of hydrogen-bond acceptors (Lipinski definition) is 3. The Labute approximate surface area is 151 Å². The minimum Gasteiger partial charge on any atom is -0.494 e. The Bertz CT molecular complexity index is 595. The molecule has 1 aromatic rings. The molecule has 0 aromatic heterocycles. The molecular weight excluding hydrogens is 314 g/mol. The number of rotatable bonds is 10. The third-order valence-electron chi connectivity index (χ3n) is 4.40. The van der Waals surface area contributed by atoms with Crippen molar-refractivity contribution in [3.05, 3.63) is 42.0 Å². The van der Waals surface area contributed by atoms with Gasteiger partial charge in [-0.25, -0.2) is 0 Å². The van der Waals surface area contributed by atoms with E-state index in [2.05, 4.69) is 11.4 Å². The molecule has 0 aliphatic carbocycles. The van der Waals surface area contributed by atoms with Crippen LogP contribution in [0.25, 0.3) is 0 Å². The minimum atomic E-state index is -0.439. The van der Waals surface area contributed by atoms with Gasteiger partial charge in [-0.05, 0) is 64.2 Å². The van der Waals surface area contributed by atoms with E-state index in [0.717, 1.165) is 18.6 Å². The predicted molar refractivity (Wildman–Crippen MR) is 102 cm³/mol. The lowest BCUT2D eigenvalue weighted by Gasteiger charge is -2.22. The lowest BCUT2D eigenvalue weighted by atomic mass is 9.88. The van der Waals surface area contributed by atoms with Gasteiger partial charge in [-0.15, -0.1) is 0 Å². The summed E-state index contributed by atoms with van der Waals surface area (Å²) in [4.78, 5) is 23.7. The van der Waals surface area contributed by atoms with Crippen LogP contribution in [0.3, 0.4) is 0 Å². The fraction of sp³-hybridized carbons (Fsp3) is 0.524. The molecule has 1 amide bonds. The van der Waals surface area contributed by atoms with E-state index >= 15 is 0 Å². The lowest BCUT2D eigenvalue weighted by Crippen LogP contribution is -2.41. The number of ketones is 1. The molecule has 4 nitrogen and oxygen atoms in total. The average molecular weight is 345 g/mol. The first kappa shape index (κ1) is 20.9. The number of carbonyl (C=O) groups excluding carboxylic acids is 2. The van der Waals surface area contributed by atoms with E-state index in [9.17, 15) is 9.59 Å². The third-order valence-corrected chi connectivity index (χ3v) is 4.40. The second kappa shape index (κ2) is 10.7. The van der Waals surface area contributed by atoms with Crippen LogP contribution in [0.2, 0.25) is 0 Å². The fourth-order valence-corrected chi connectivity index (χ4v) is 2.62. The number of benzene rings is 1. The predicted octanol–water partition coefficient (Wildman–Crippen LogP) is 4.08. The smallest absolute Gasteiger partial charge is 0.223 e. The Morgan fingerprint density at radius 3 is 2.60 bits per heavy atom. The Kier molecular flexibility index (Phi) is 8.96. The van der Waals surface area contributed by atoms with Gasteiger partial charge in [0.05, 0.1) is 12.6 Å². The van der Waals surface area contributed by atoms with Crippen LogP contribution < -0.4 is 10.1 Å². The van der Waals surface area contributed by atoms with Crippen LogP contribution in [-0.2, 0) is 9.59 Å². The SMILES string of the molecule is C/C=C/C(CCCOc1cccc(C)c1)C(C)C(=O)NC(C)C(C)=O. The van der Waals surface area contributed by atoms with Gasteiger partial charge in [0, 0.05) is 5.92 Å². The first-order valence-electron chi connectivity index (χ1n) is 8.98. The highest BCUT2D eigenvalue weighted by Gasteiger charge is 2.23. The van der Waals surface area contributed by atoms with E-state index in [1.807, 2.05) is 51.1 Å². The summed E-state index contributed by atoms with van der Waals surface area (Å²) in [5, 5.41) is 2.79. The van der Waals surface area contributed by atoms with Crippen LogP contribution in [-0.4, -0.2) is 24.3 Å². The molecule has 0 aliphatic heterocycles. The van der Waals surface area contributed by atoms with Gasteiger partial charge in [-0.2, -0.15) is 0 Å². The van der Waals surface area contributed by atoms with Crippen LogP contribution >= 0.6 is 0 Å². The van der Waals surface area contributed by atoms with Crippen LogP contribution in [0.4, 0.5) is 0 Å². The maximum atomic E-state index is 12.3. The molecule has 0 saturated carbocycles. The van der Waals surface area contributed by atoms with Crippen molar-refractivity contribution in [3.63, 3.8) is 0 Å². The monoisotopic (exact) mass is 345 g/mol. The number of nitrogens with one attached hydrogen (secondary N) is 1. The summed E-state index contributed by atoms with van der Waals surface area (Å²) < 4.78 is 5.78. The zero-order valence-electron chi connectivity index (χ0n) is 16.0. The van der Waals surface area contributed by atoms with E-state index in [1.165, 1.54) is 12.5 Å². The zero-order chi connectivity index (χ0) is 18.8. The molecule has 1 aromatic carbocycles. The maximum absolute atomic E-state index is 12.3. The summed E-state index contributed by atoms with van der Waals surface area (Å²) in [5.74, 6) is 0.714. The molecule has 1 N–H and O–H groups in total. The number of amides is 1. The zero-order valence-corrected chi connectivity index (χ0v) is 16.0. The molecule has 3 unspecified atom stereocenters. The molecule has 138 valence electrons. The molecule has 0 heterocycles. The van der Waals surface area contributed by atoms with Crippen molar-refractivity contribution in [2.75, 3.05) is 6.61 Å². The van der Waals surface area contributed by atoms with E-state index in [0.29, 0.717) is 6.61 Å². The summed E-state index contributed by atoms with van der Waals surface area (Å²) in [7, 11) is 0. The van der Waals surface area contributed by atoms with Crippen LogP contribution in [0, 0.1) is 18.8 Å². The second-order valence-corrected chi connectivity index (χ2v) is 6.63. The topological polar surface area (TPSA) is 55.4 Å². The molecular formula is C21H31NO3. The molecule has 0 radical (unpaired) electrons. The molecule has 0 fully saturated rings. The highest BCUT2D eigenvalue weighted by Crippen LogP contribution is 2.21. The van der Waals surface area contributed by atoms with Gasteiger partial charge in [0.25, 0.3) is 0 Å². The van der Waals surface area contributed by atoms with Crippen LogP contribution in [0.15, 0.2) is 36.4 Å². The maximum Gasteiger partial charge on any atom is 0.223 e. The molecule has 0 bridgehead atoms. The van der Waals surface area contributed by atoms with Crippen molar-refractivity contribution in [1.29, 1.82) is 0 Å². The highest BCUT2D eigenvalue weighted by molar-refractivity contribution is 5.88. The number of Topliss-reactive ketones (excluding diaryl/α,β-unsaturated/α-hetero) is 1. The molecule has 0 saturated heterocycles. The quantitative estimate of drug-likeness (QED) is 0.513. The van der Waals surface area contributed by atoms with Crippen molar-refractivity contribution in [2.24, 2.45) is 11.8 Å². The normalized spacial score (nSPS) is 14.8. The number of aryl methyl sites for hydroxylation is 1. The summed E-state index contributed by atoms with van der Waals surface area (Å²) in [6.07, 6.45) is 5.77. The van der Waals surface area contributed by atoms with E-state index in [-0.39, 0.29) is 23.5 Å². The van der Waals surface area contributed by atoms with Gasteiger partial charge in [-0.3, -0.25) is 9.59 Å². The fourth-order valence-electron chi connectivity index (χ4n) is 2.62. The van der Waals surface area contributed by atoms with Gasteiger partial charge >= 0.3 is 0 Å². The first-order chi connectivity index (χ1) is 11.8. The summed E-state index contributed by atoms with van der Waals surface area (Å²) in [6, 6.07) is 7.55. The van der Waals surface area contributed by atoms with E-state index < -0.39 is 6.04 Å². The molecule has 3 atom stereocenters.